The van der Waals surface area contributed by atoms with Gasteiger partial charge in [-0.05, 0) is 0 Å². The van der Waals surface area contributed by atoms with Gasteiger partial charge in [0.1, 0.15) is 42.7 Å². The van der Waals surface area contributed by atoms with E-state index in [4.69, 9.17) is 19.3 Å². The van der Waals surface area contributed by atoms with Gasteiger partial charge in [0.05, 0.1) is 13.2 Å². The van der Waals surface area contributed by atoms with Crippen LogP contribution in [-0.2, 0) is 14.2 Å². The van der Waals surface area contributed by atoms with Crippen molar-refractivity contribution in [1.82, 2.24) is 0 Å². The Labute approximate surface area is 119 Å². The molecule has 0 amide bonds. The third kappa shape index (κ3) is 3.35. The van der Waals surface area contributed by atoms with Crippen LogP contribution in [-0.4, -0.2) is 104 Å². The summed E-state index contributed by atoms with van der Waals surface area (Å²) in [7, 11) is 0. The summed E-state index contributed by atoms with van der Waals surface area (Å²) < 4.78 is 15.1. The van der Waals surface area contributed by atoms with Gasteiger partial charge in [0, 0.05) is 0 Å². The zero-order valence-corrected chi connectivity index (χ0v) is 11.0. The maximum atomic E-state index is 9.78. The van der Waals surface area contributed by atoms with Crippen molar-refractivity contribution >= 4 is 0 Å². The Kier molecular flexibility index (Phi) is 5.48. The maximum Gasteiger partial charge on any atom is 0.187 e. The lowest BCUT2D eigenvalue weighted by atomic mass is 9.99. The number of rotatable bonds is 3. The summed E-state index contributed by atoms with van der Waals surface area (Å²) in [6.45, 7) is -0.899. The van der Waals surface area contributed by atoms with Crippen LogP contribution in [0.4, 0.5) is 0 Å². The molecule has 0 bridgehead atoms. The molecule has 2 rings (SSSR count). The van der Waals surface area contributed by atoms with Crippen LogP contribution in [0.1, 0.15) is 0 Å². The largest absolute Gasteiger partial charge is 0.394 e. The van der Waals surface area contributed by atoms with E-state index in [1.807, 2.05) is 0 Å². The first kappa shape index (κ1) is 17.0. The lowest BCUT2D eigenvalue weighted by Crippen LogP contribution is -2.62. The van der Waals surface area contributed by atoms with Crippen molar-refractivity contribution in [1.29, 1.82) is 0 Å². The third-order valence-electron chi connectivity index (χ3n) is 3.61. The molecule has 2 saturated heterocycles. The van der Waals surface area contributed by atoms with Crippen LogP contribution in [0.15, 0.2) is 0 Å². The molecule has 9 atom stereocenters. The monoisotopic (exact) mass is 312 g/mol. The van der Waals surface area contributed by atoms with E-state index in [1.54, 1.807) is 0 Å². The Bertz CT molecular complexity index is 339. The fourth-order valence-corrected chi connectivity index (χ4v) is 2.25. The van der Waals surface area contributed by atoms with Gasteiger partial charge in [0.25, 0.3) is 0 Å². The molecule has 0 aromatic carbocycles. The van der Waals surface area contributed by atoms with Crippen LogP contribution in [0.2, 0.25) is 0 Å². The lowest BCUT2D eigenvalue weighted by Gasteiger charge is -2.43. The molecule has 2 fully saturated rings. The molecular formula is C11H20O10. The highest BCUT2D eigenvalue weighted by atomic mass is 16.7. The van der Waals surface area contributed by atoms with E-state index in [0.29, 0.717) is 0 Å². The predicted octanol–water partition coefficient (Wildman–Crippen LogP) is -4.76. The van der Waals surface area contributed by atoms with Gasteiger partial charge in [-0.2, -0.15) is 0 Å². The van der Waals surface area contributed by atoms with E-state index < -0.39 is 61.9 Å². The SMILES string of the molecule is OC[C@H]1O[C@@H](O[C@@H]2CO[C@@H](O)[C@H](O)[C@H]2O)[C@H](O)[C@@H](O)[C@H]1O. The standard InChI is InChI=1S/C11H20O10/c12-1-3-5(13)7(15)9(17)11(20-3)21-4-2-19-10(18)8(16)6(4)14/h3-18H,1-2H2/t3-,4-,5+,6+,7+,8-,9-,10-,11+/m1/s1. The van der Waals surface area contributed by atoms with E-state index in [-0.39, 0.29) is 6.61 Å². The molecule has 2 heterocycles. The molecule has 21 heavy (non-hydrogen) atoms. The number of aliphatic hydroxyl groups is 7. The Morgan fingerprint density at radius 2 is 1.52 bits per heavy atom. The second kappa shape index (κ2) is 6.79. The summed E-state index contributed by atoms with van der Waals surface area (Å²) in [5.41, 5.74) is 0. The summed E-state index contributed by atoms with van der Waals surface area (Å²) >= 11 is 0. The number of hydrogen-bond donors (Lipinski definition) is 7. The first-order valence-electron chi connectivity index (χ1n) is 6.48. The first-order valence-corrected chi connectivity index (χ1v) is 6.48. The summed E-state index contributed by atoms with van der Waals surface area (Å²) in [6.07, 6.45) is -13.2. The van der Waals surface area contributed by atoms with Gasteiger partial charge in [-0.3, -0.25) is 0 Å². The highest BCUT2D eigenvalue weighted by Gasteiger charge is 2.47. The summed E-state index contributed by atoms with van der Waals surface area (Å²) in [6, 6.07) is 0. The summed E-state index contributed by atoms with van der Waals surface area (Å²) in [5, 5.41) is 66.5. The molecule has 0 aliphatic carbocycles. The molecule has 0 unspecified atom stereocenters. The smallest absolute Gasteiger partial charge is 0.187 e. The molecule has 0 radical (unpaired) electrons. The minimum Gasteiger partial charge on any atom is -0.394 e. The molecule has 0 aromatic rings. The van der Waals surface area contributed by atoms with Gasteiger partial charge in [-0.1, -0.05) is 0 Å². The average Bonchev–Trinajstić information content (AvgIpc) is 2.48. The van der Waals surface area contributed by atoms with Crippen LogP contribution >= 0.6 is 0 Å². The van der Waals surface area contributed by atoms with E-state index >= 15 is 0 Å². The molecule has 7 N–H and O–H groups in total. The summed E-state index contributed by atoms with van der Waals surface area (Å²) in [4.78, 5) is 0. The third-order valence-corrected chi connectivity index (χ3v) is 3.61. The van der Waals surface area contributed by atoms with Crippen molar-refractivity contribution in [2.75, 3.05) is 13.2 Å². The van der Waals surface area contributed by atoms with E-state index in [1.165, 1.54) is 0 Å². The zero-order valence-electron chi connectivity index (χ0n) is 11.0. The summed E-state index contributed by atoms with van der Waals surface area (Å²) in [5.74, 6) is 0. The lowest BCUT2D eigenvalue weighted by molar-refractivity contribution is -0.340. The molecule has 10 heteroatoms. The van der Waals surface area contributed by atoms with Crippen molar-refractivity contribution < 1.29 is 50.0 Å². The van der Waals surface area contributed by atoms with Crippen molar-refractivity contribution in [3.8, 4) is 0 Å². The number of aliphatic hydroxyl groups excluding tert-OH is 7. The predicted molar refractivity (Wildman–Crippen MR) is 62.6 cm³/mol. The Morgan fingerprint density at radius 1 is 0.857 bits per heavy atom. The van der Waals surface area contributed by atoms with Crippen LogP contribution in [0.25, 0.3) is 0 Å². The van der Waals surface area contributed by atoms with Crippen LogP contribution < -0.4 is 0 Å². The van der Waals surface area contributed by atoms with Crippen molar-refractivity contribution in [3.63, 3.8) is 0 Å². The van der Waals surface area contributed by atoms with Gasteiger partial charge in [0.2, 0.25) is 0 Å². The molecule has 10 nitrogen and oxygen atoms in total. The molecule has 0 aromatic heterocycles. The van der Waals surface area contributed by atoms with Gasteiger partial charge >= 0.3 is 0 Å². The molecular weight excluding hydrogens is 292 g/mol. The molecule has 2 aliphatic rings. The topological polar surface area (TPSA) is 169 Å². The Hall–Kier alpha value is -0.400. The minimum absolute atomic E-state index is 0.283. The highest BCUT2D eigenvalue weighted by molar-refractivity contribution is 4.91. The van der Waals surface area contributed by atoms with Crippen LogP contribution in [0, 0.1) is 0 Å². The van der Waals surface area contributed by atoms with E-state index in [2.05, 4.69) is 0 Å². The Balaban J connectivity index is 2.01. The van der Waals surface area contributed by atoms with Crippen LogP contribution in [0.3, 0.4) is 0 Å². The van der Waals surface area contributed by atoms with Gasteiger partial charge in [0.15, 0.2) is 12.6 Å². The van der Waals surface area contributed by atoms with Crippen molar-refractivity contribution in [2.45, 2.75) is 55.3 Å². The number of hydrogen-bond acceptors (Lipinski definition) is 10. The zero-order chi connectivity index (χ0) is 15.7. The second-order valence-corrected chi connectivity index (χ2v) is 5.08. The molecule has 124 valence electrons. The van der Waals surface area contributed by atoms with Crippen LogP contribution in [0.5, 0.6) is 0 Å². The fourth-order valence-electron chi connectivity index (χ4n) is 2.25. The van der Waals surface area contributed by atoms with E-state index in [0.717, 1.165) is 0 Å². The molecule has 0 saturated carbocycles. The van der Waals surface area contributed by atoms with Crippen molar-refractivity contribution in [3.05, 3.63) is 0 Å². The van der Waals surface area contributed by atoms with Gasteiger partial charge in [-0.15, -0.1) is 0 Å². The molecule has 0 spiro atoms. The van der Waals surface area contributed by atoms with E-state index in [9.17, 15) is 30.6 Å². The Morgan fingerprint density at radius 3 is 2.14 bits per heavy atom. The number of ether oxygens (including phenoxy) is 3. The van der Waals surface area contributed by atoms with Crippen molar-refractivity contribution in [2.24, 2.45) is 0 Å². The normalized spacial score (nSPS) is 51.9. The van der Waals surface area contributed by atoms with Gasteiger partial charge in [-0.25, -0.2) is 0 Å². The minimum atomic E-state index is -1.63. The first-order chi connectivity index (χ1) is 9.86. The maximum absolute atomic E-state index is 9.78. The molecule has 2 aliphatic heterocycles. The average molecular weight is 312 g/mol. The highest BCUT2D eigenvalue weighted by Crippen LogP contribution is 2.25. The van der Waals surface area contributed by atoms with Gasteiger partial charge < -0.3 is 50.0 Å². The second-order valence-electron chi connectivity index (χ2n) is 5.08. The fraction of sp³-hybridized carbons (Fsp3) is 1.00. The quantitative estimate of drug-likeness (QED) is 0.268.